The molecule has 0 radical (unpaired) electrons. The summed E-state index contributed by atoms with van der Waals surface area (Å²) in [4.78, 5) is 42.6. The minimum Gasteiger partial charge on any atom is -0.444 e. The highest BCUT2D eigenvalue weighted by atomic mass is 32.1. The molecule has 1 aromatic rings. The lowest BCUT2D eigenvalue weighted by molar-refractivity contribution is -0.149. The van der Waals surface area contributed by atoms with Crippen LogP contribution in [0.1, 0.15) is 103 Å². The molecular weight excluding hydrogens is 486 g/mol. The van der Waals surface area contributed by atoms with E-state index in [0.717, 1.165) is 42.4 Å². The highest BCUT2D eigenvalue weighted by Gasteiger charge is 2.44. The van der Waals surface area contributed by atoms with E-state index in [2.05, 4.69) is 23.3 Å². The number of hydrogen-bond acceptors (Lipinski definition) is 5. The molecule has 1 aliphatic carbocycles. The molecule has 8 heteroatoms. The fourth-order valence-corrected chi connectivity index (χ4v) is 5.16. The van der Waals surface area contributed by atoms with E-state index in [1.165, 1.54) is 6.42 Å². The van der Waals surface area contributed by atoms with Gasteiger partial charge < -0.3 is 20.3 Å². The van der Waals surface area contributed by atoms with Crippen LogP contribution >= 0.6 is 12.6 Å². The molecule has 7 nitrogen and oxygen atoms in total. The van der Waals surface area contributed by atoms with Gasteiger partial charge in [-0.1, -0.05) is 44.4 Å². The molecule has 1 fully saturated rings. The Morgan fingerprint density at radius 1 is 1.05 bits per heavy atom. The molecule has 0 bridgehead atoms. The van der Waals surface area contributed by atoms with Gasteiger partial charge in [-0.05, 0) is 84.4 Å². The monoisotopic (exact) mass is 533 g/mol. The van der Waals surface area contributed by atoms with Gasteiger partial charge in [0.05, 0.1) is 0 Å². The maximum Gasteiger partial charge on any atom is 0.408 e. The van der Waals surface area contributed by atoms with Gasteiger partial charge in [-0.2, -0.15) is 12.6 Å². The standard InChI is InChI=1S/C29H47N3O4S/c1-9-29(7,8)32(26(34)22(18-37)31-27(35)36-28(4,5)6)24(23-19(2)14-13-15-20(23)3)25(33)30-21-16-11-10-12-17-21/h13-15,21-22,24,37H,9-12,16-18H2,1-8H3,(H,30,33)(H,31,35). The second-order valence-electron chi connectivity index (χ2n) is 11.8. The summed E-state index contributed by atoms with van der Waals surface area (Å²) in [5, 5.41) is 5.96. The fraction of sp³-hybridized carbons (Fsp3) is 0.690. The number of hydrogen-bond donors (Lipinski definition) is 3. The number of aryl methyl sites for hydroxylation is 2. The topological polar surface area (TPSA) is 87.7 Å². The molecule has 208 valence electrons. The van der Waals surface area contributed by atoms with Gasteiger partial charge in [-0.15, -0.1) is 0 Å². The smallest absolute Gasteiger partial charge is 0.408 e. The first kappa shape index (κ1) is 31.0. The predicted octanol–water partition coefficient (Wildman–Crippen LogP) is 5.63. The number of carbonyl (C=O) groups is 3. The lowest BCUT2D eigenvalue weighted by atomic mass is 9.88. The van der Waals surface area contributed by atoms with Gasteiger partial charge in [0.2, 0.25) is 11.8 Å². The molecule has 1 saturated carbocycles. The van der Waals surface area contributed by atoms with Crippen molar-refractivity contribution in [2.75, 3.05) is 5.75 Å². The first-order valence-corrected chi connectivity index (χ1v) is 14.1. The van der Waals surface area contributed by atoms with Crippen LogP contribution in [-0.4, -0.2) is 51.8 Å². The highest BCUT2D eigenvalue weighted by Crippen LogP contribution is 2.35. The zero-order valence-corrected chi connectivity index (χ0v) is 24.8. The van der Waals surface area contributed by atoms with Crippen molar-refractivity contribution in [2.24, 2.45) is 0 Å². The van der Waals surface area contributed by atoms with E-state index in [1.54, 1.807) is 25.7 Å². The Bertz CT molecular complexity index is 931. The van der Waals surface area contributed by atoms with Crippen molar-refractivity contribution in [3.8, 4) is 0 Å². The number of ether oxygens (including phenoxy) is 1. The molecule has 37 heavy (non-hydrogen) atoms. The van der Waals surface area contributed by atoms with Gasteiger partial charge in [-0.25, -0.2) is 4.79 Å². The lowest BCUT2D eigenvalue weighted by Crippen LogP contribution is -2.60. The van der Waals surface area contributed by atoms with E-state index in [1.807, 2.05) is 52.8 Å². The predicted molar refractivity (Wildman–Crippen MR) is 152 cm³/mol. The second kappa shape index (κ2) is 13.0. The van der Waals surface area contributed by atoms with Gasteiger partial charge in [-0.3, -0.25) is 9.59 Å². The maximum absolute atomic E-state index is 14.2. The third-order valence-corrected chi connectivity index (χ3v) is 7.57. The summed E-state index contributed by atoms with van der Waals surface area (Å²) in [6.45, 7) is 15.2. The molecular formula is C29H47N3O4S. The van der Waals surface area contributed by atoms with Crippen LogP contribution in [0, 0.1) is 13.8 Å². The third-order valence-electron chi connectivity index (χ3n) is 7.20. The molecule has 2 atom stereocenters. The molecule has 0 spiro atoms. The zero-order chi connectivity index (χ0) is 28.0. The number of thiol groups is 1. The summed E-state index contributed by atoms with van der Waals surface area (Å²) in [5.41, 5.74) is 1.31. The number of rotatable bonds is 9. The van der Waals surface area contributed by atoms with Crippen molar-refractivity contribution in [1.82, 2.24) is 15.5 Å². The van der Waals surface area contributed by atoms with E-state index >= 15 is 0 Å². The van der Waals surface area contributed by atoms with Crippen molar-refractivity contribution < 1.29 is 19.1 Å². The van der Waals surface area contributed by atoms with Gasteiger partial charge in [0, 0.05) is 17.3 Å². The van der Waals surface area contributed by atoms with Gasteiger partial charge in [0.15, 0.2) is 0 Å². The molecule has 0 aromatic heterocycles. The fourth-order valence-electron chi connectivity index (χ4n) is 4.91. The average molecular weight is 534 g/mol. The van der Waals surface area contributed by atoms with Crippen LogP contribution in [0.5, 0.6) is 0 Å². The van der Waals surface area contributed by atoms with E-state index in [9.17, 15) is 14.4 Å². The van der Waals surface area contributed by atoms with Crippen LogP contribution < -0.4 is 10.6 Å². The van der Waals surface area contributed by atoms with Gasteiger partial charge >= 0.3 is 6.09 Å². The molecule has 2 unspecified atom stereocenters. The first-order valence-electron chi connectivity index (χ1n) is 13.5. The molecule has 0 heterocycles. The highest BCUT2D eigenvalue weighted by molar-refractivity contribution is 7.80. The molecule has 1 aliphatic rings. The SMILES string of the molecule is CCC(C)(C)N(C(=O)C(CS)NC(=O)OC(C)(C)C)C(C(=O)NC1CCCCC1)c1c(C)cccc1C. The number of alkyl carbamates (subject to hydrolysis) is 1. The third kappa shape index (κ3) is 8.39. The largest absolute Gasteiger partial charge is 0.444 e. The Kier molecular flexibility index (Phi) is 10.9. The zero-order valence-electron chi connectivity index (χ0n) is 23.9. The quantitative estimate of drug-likeness (QED) is 0.359. The average Bonchev–Trinajstić information content (AvgIpc) is 2.80. The molecule has 0 aliphatic heterocycles. The summed E-state index contributed by atoms with van der Waals surface area (Å²) in [6.07, 6.45) is 5.16. The van der Waals surface area contributed by atoms with E-state index in [4.69, 9.17) is 4.74 Å². The number of nitrogens with one attached hydrogen (secondary N) is 2. The summed E-state index contributed by atoms with van der Waals surface area (Å²) in [6, 6.07) is 4.18. The Morgan fingerprint density at radius 2 is 1.62 bits per heavy atom. The normalized spacial score (nSPS) is 16.5. The molecule has 3 amide bonds. The minimum atomic E-state index is -0.960. The Labute approximate surface area is 228 Å². The van der Waals surface area contributed by atoms with Gasteiger partial charge in [0.25, 0.3) is 0 Å². The Hall–Kier alpha value is -2.22. The number of nitrogens with zero attached hydrogens (tertiary/aromatic N) is 1. The van der Waals surface area contributed by atoms with Crippen molar-refractivity contribution >= 4 is 30.5 Å². The lowest BCUT2D eigenvalue weighted by Gasteiger charge is -2.45. The summed E-state index contributed by atoms with van der Waals surface area (Å²) < 4.78 is 5.41. The van der Waals surface area contributed by atoms with Crippen LogP contribution in [0.2, 0.25) is 0 Å². The van der Waals surface area contributed by atoms with Crippen molar-refractivity contribution in [3.63, 3.8) is 0 Å². The number of carbonyl (C=O) groups excluding carboxylic acids is 3. The van der Waals surface area contributed by atoms with Gasteiger partial charge in [0.1, 0.15) is 17.7 Å². The van der Waals surface area contributed by atoms with Crippen LogP contribution in [0.15, 0.2) is 18.2 Å². The van der Waals surface area contributed by atoms with E-state index < -0.39 is 29.3 Å². The summed E-state index contributed by atoms with van der Waals surface area (Å²) in [5.74, 6) is -0.480. The molecule has 2 N–H and O–H groups in total. The molecule has 1 aromatic carbocycles. The van der Waals surface area contributed by atoms with E-state index in [-0.39, 0.29) is 23.6 Å². The van der Waals surface area contributed by atoms with Crippen molar-refractivity contribution in [1.29, 1.82) is 0 Å². The Balaban J connectivity index is 2.57. The molecule has 0 saturated heterocycles. The first-order chi connectivity index (χ1) is 17.2. The number of amides is 3. The van der Waals surface area contributed by atoms with Crippen LogP contribution in [0.4, 0.5) is 4.79 Å². The van der Waals surface area contributed by atoms with Crippen molar-refractivity contribution in [2.45, 2.75) is 123 Å². The van der Waals surface area contributed by atoms with E-state index in [0.29, 0.717) is 6.42 Å². The minimum absolute atomic E-state index is 0.0675. The van der Waals surface area contributed by atoms with Crippen LogP contribution in [-0.2, 0) is 14.3 Å². The van der Waals surface area contributed by atoms with Crippen LogP contribution in [0.3, 0.4) is 0 Å². The summed E-state index contributed by atoms with van der Waals surface area (Å²) >= 11 is 4.40. The second-order valence-corrected chi connectivity index (χ2v) is 12.2. The van der Waals surface area contributed by atoms with Crippen molar-refractivity contribution in [3.05, 3.63) is 34.9 Å². The summed E-state index contributed by atoms with van der Waals surface area (Å²) in [7, 11) is 0. The van der Waals surface area contributed by atoms with Crippen LogP contribution in [0.25, 0.3) is 0 Å². The number of benzene rings is 1. The maximum atomic E-state index is 14.2. The Morgan fingerprint density at radius 3 is 2.11 bits per heavy atom. The molecule has 2 rings (SSSR count).